The van der Waals surface area contributed by atoms with Gasteiger partial charge in [0.25, 0.3) is 5.91 Å². The van der Waals surface area contributed by atoms with Gasteiger partial charge in [-0.15, -0.1) is 0 Å². The van der Waals surface area contributed by atoms with E-state index in [0.29, 0.717) is 18.0 Å². The molecule has 2 N–H and O–H groups in total. The average Bonchev–Trinajstić information content (AvgIpc) is 2.75. The van der Waals surface area contributed by atoms with Gasteiger partial charge in [-0.2, -0.15) is 0 Å². The SMILES string of the molecule is COc1cc(CNCc2ccccc2)ccc1OCC(=O)Nc1ccc(C)cc1. The van der Waals surface area contributed by atoms with Crippen LogP contribution in [-0.2, 0) is 17.9 Å². The highest BCUT2D eigenvalue weighted by molar-refractivity contribution is 5.91. The van der Waals surface area contributed by atoms with E-state index in [1.165, 1.54) is 5.56 Å². The minimum atomic E-state index is -0.218. The Kier molecular flexibility index (Phi) is 7.25. The molecule has 0 aliphatic rings. The molecule has 5 nitrogen and oxygen atoms in total. The van der Waals surface area contributed by atoms with Crippen molar-refractivity contribution in [3.05, 3.63) is 89.5 Å². The Morgan fingerprint density at radius 1 is 0.862 bits per heavy atom. The van der Waals surface area contributed by atoms with Crippen LogP contribution in [0.25, 0.3) is 0 Å². The number of aryl methyl sites for hydroxylation is 1. The summed E-state index contributed by atoms with van der Waals surface area (Å²) in [6, 6.07) is 23.6. The number of amides is 1. The molecule has 1 amide bonds. The number of methoxy groups -OCH3 is 1. The normalized spacial score (nSPS) is 10.4. The van der Waals surface area contributed by atoms with Crippen molar-refractivity contribution in [1.29, 1.82) is 0 Å². The van der Waals surface area contributed by atoms with Crippen LogP contribution >= 0.6 is 0 Å². The molecule has 0 atom stereocenters. The quantitative estimate of drug-likeness (QED) is 0.572. The van der Waals surface area contributed by atoms with Gasteiger partial charge in [0, 0.05) is 18.8 Å². The van der Waals surface area contributed by atoms with Gasteiger partial charge in [-0.3, -0.25) is 4.79 Å². The Labute approximate surface area is 171 Å². The molecule has 0 aliphatic carbocycles. The van der Waals surface area contributed by atoms with Crippen molar-refractivity contribution in [2.45, 2.75) is 20.0 Å². The van der Waals surface area contributed by atoms with Crippen LogP contribution in [0.4, 0.5) is 5.69 Å². The second kappa shape index (κ2) is 10.3. The Morgan fingerprint density at radius 2 is 1.59 bits per heavy atom. The lowest BCUT2D eigenvalue weighted by atomic mass is 10.2. The number of carbonyl (C=O) groups excluding carboxylic acids is 1. The van der Waals surface area contributed by atoms with Crippen molar-refractivity contribution in [3.63, 3.8) is 0 Å². The summed E-state index contributed by atoms with van der Waals surface area (Å²) in [5, 5.41) is 6.23. The first-order chi connectivity index (χ1) is 14.1. The number of ether oxygens (including phenoxy) is 2. The van der Waals surface area contributed by atoms with Crippen molar-refractivity contribution in [2.75, 3.05) is 19.0 Å². The van der Waals surface area contributed by atoms with Gasteiger partial charge in [0.1, 0.15) is 0 Å². The highest BCUT2D eigenvalue weighted by atomic mass is 16.5. The standard InChI is InChI=1S/C24H26N2O3/c1-18-8-11-21(12-9-18)26-24(27)17-29-22-13-10-20(14-23(22)28-2)16-25-15-19-6-4-3-5-7-19/h3-14,25H,15-17H2,1-2H3,(H,26,27). The van der Waals surface area contributed by atoms with Gasteiger partial charge in [-0.25, -0.2) is 0 Å². The third-order valence-corrected chi connectivity index (χ3v) is 4.42. The van der Waals surface area contributed by atoms with Crippen LogP contribution < -0.4 is 20.1 Å². The third-order valence-electron chi connectivity index (χ3n) is 4.42. The number of nitrogens with one attached hydrogen (secondary N) is 2. The smallest absolute Gasteiger partial charge is 0.262 e. The number of hydrogen-bond acceptors (Lipinski definition) is 4. The van der Waals surface area contributed by atoms with E-state index in [0.717, 1.165) is 23.4 Å². The Bertz CT molecular complexity index is 925. The van der Waals surface area contributed by atoms with Crippen LogP contribution in [-0.4, -0.2) is 19.6 Å². The van der Waals surface area contributed by atoms with E-state index in [2.05, 4.69) is 22.8 Å². The Hall–Kier alpha value is -3.31. The van der Waals surface area contributed by atoms with Gasteiger partial charge in [0.15, 0.2) is 18.1 Å². The van der Waals surface area contributed by atoms with Gasteiger partial charge in [-0.05, 0) is 42.3 Å². The molecule has 0 radical (unpaired) electrons. The van der Waals surface area contributed by atoms with Gasteiger partial charge in [-0.1, -0.05) is 54.1 Å². The number of anilines is 1. The first-order valence-electron chi connectivity index (χ1n) is 9.55. The maximum absolute atomic E-state index is 12.1. The number of rotatable bonds is 9. The summed E-state index contributed by atoms with van der Waals surface area (Å²) in [5.41, 5.74) is 4.20. The summed E-state index contributed by atoms with van der Waals surface area (Å²) in [6.45, 7) is 3.41. The van der Waals surface area contributed by atoms with E-state index >= 15 is 0 Å². The lowest BCUT2D eigenvalue weighted by molar-refractivity contribution is -0.118. The molecule has 3 aromatic carbocycles. The highest BCUT2D eigenvalue weighted by Gasteiger charge is 2.09. The molecule has 0 saturated carbocycles. The number of hydrogen-bond donors (Lipinski definition) is 2. The zero-order valence-electron chi connectivity index (χ0n) is 16.8. The van der Waals surface area contributed by atoms with Gasteiger partial charge >= 0.3 is 0 Å². The molecular formula is C24H26N2O3. The second-order valence-corrected chi connectivity index (χ2v) is 6.78. The van der Waals surface area contributed by atoms with Crippen LogP contribution in [0.15, 0.2) is 72.8 Å². The first kappa shape index (κ1) is 20.4. The zero-order valence-corrected chi connectivity index (χ0v) is 16.8. The molecule has 3 aromatic rings. The van der Waals surface area contributed by atoms with E-state index in [4.69, 9.17) is 9.47 Å². The molecule has 0 unspecified atom stereocenters. The molecule has 5 heteroatoms. The van der Waals surface area contributed by atoms with Crippen LogP contribution in [0.1, 0.15) is 16.7 Å². The summed E-state index contributed by atoms with van der Waals surface area (Å²) in [4.78, 5) is 12.1. The van der Waals surface area contributed by atoms with Crippen LogP contribution in [0, 0.1) is 6.92 Å². The van der Waals surface area contributed by atoms with Crippen molar-refractivity contribution in [1.82, 2.24) is 5.32 Å². The molecule has 0 saturated heterocycles. The van der Waals surface area contributed by atoms with Crippen LogP contribution in [0.3, 0.4) is 0 Å². The minimum Gasteiger partial charge on any atom is -0.493 e. The fourth-order valence-electron chi connectivity index (χ4n) is 2.87. The molecule has 0 aromatic heterocycles. The largest absolute Gasteiger partial charge is 0.493 e. The summed E-state index contributed by atoms with van der Waals surface area (Å²) in [6.07, 6.45) is 0. The molecule has 29 heavy (non-hydrogen) atoms. The Balaban J connectivity index is 1.51. The molecular weight excluding hydrogens is 364 g/mol. The predicted molar refractivity (Wildman–Crippen MR) is 115 cm³/mol. The fourth-order valence-corrected chi connectivity index (χ4v) is 2.87. The van der Waals surface area contributed by atoms with E-state index in [9.17, 15) is 4.79 Å². The lowest BCUT2D eigenvalue weighted by Crippen LogP contribution is -2.20. The molecule has 0 fully saturated rings. The predicted octanol–water partition coefficient (Wildman–Crippen LogP) is 4.31. The van der Waals surface area contributed by atoms with Crippen LogP contribution in [0.5, 0.6) is 11.5 Å². The van der Waals surface area contributed by atoms with E-state index in [1.807, 2.05) is 67.6 Å². The van der Waals surface area contributed by atoms with Crippen molar-refractivity contribution in [2.24, 2.45) is 0 Å². The first-order valence-corrected chi connectivity index (χ1v) is 9.55. The zero-order chi connectivity index (χ0) is 20.5. The monoisotopic (exact) mass is 390 g/mol. The second-order valence-electron chi connectivity index (χ2n) is 6.78. The van der Waals surface area contributed by atoms with Gasteiger partial charge < -0.3 is 20.1 Å². The number of carbonyl (C=O) groups is 1. The molecule has 0 spiro atoms. The molecule has 150 valence electrons. The molecule has 0 aliphatic heterocycles. The van der Waals surface area contributed by atoms with Crippen molar-refractivity contribution in [3.8, 4) is 11.5 Å². The van der Waals surface area contributed by atoms with Gasteiger partial charge in [0.2, 0.25) is 0 Å². The number of benzene rings is 3. The minimum absolute atomic E-state index is 0.0875. The lowest BCUT2D eigenvalue weighted by Gasteiger charge is -2.13. The van der Waals surface area contributed by atoms with Crippen molar-refractivity contribution >= 4 is 11.6 Å². The van der Waals surface area contributed by atoms with Gasteiger partial charge in [0.05, 0.1) is 7.11 Å². The highest BCUT2D eigenvalue weighted by Crippen LogP contribution is 2.28. The van der Waals surface area contributed by atoms with E-state index < -0.39 is 0 Å². The van der Waals surface area contributed by atoms with Crippen molar-refractivity contribution < 1.29 is 14.3 Å². The third kappa shape index (κ3) is 6.36. The molecule has 0 heterocycles. The summed E-state index contributed by atoms with van der Waals surface area (Å²) < 4.78 is 11.1. The molecule has 0 bridgehead atoms. The molecule has 3 rings (SSSR count). The summed E-state index contributed by atoms with van der Waals surface area (Å²) >= 11 is 0. The van der Waals surface area contributed by atoms with E-state index in [-0.39, 0.29) is 12.5 Å². The van der Waals surface area contributed by atoms with E-state index in [1.54, 1.807) is 7.11 Å². The Morgan fingerprint density at radius 3 is 2.31 bits per heavy atom. The topological polar surface area (TPSA) is 59.6 Å². The maximum Gasteiger partial charge on any atom is 0.262 e. The maximum atomic E-state index is 12.1. The average molecular weight is 390 g/mol. The summed E-state index contributed by atoms with van der Waals surface area (Å²) in [7, 11) is 1.59. The van der Waals surface area contributed by atoms with Crippen LogP contribution in [0.2, 0.25) is 0 Å². The fraction of sp³-hybridized carbons (Fsp3) is 0.208. The summed E-state index contributed by atoms with van der Waals surface area (Å²) in [5.74, 6) is 0.926.